The van der Waals surface area contributed by atoms with Crippen molar-refractivity contribution in [1.29, 1.82) is 0 Å². The molecule has 112 valence electrons. The number of rotatable bonds is 4. The number of aryl methyl sites for hydroxylation is 1. The lowest BCUT2D eigenvalue weighted by molar-refractivity contribution is 0.171. The van der Waals surface area contributed by atoms with Crippen molar-refractivity contribution in [3.8, 4) is 11.5 Å². The number of hydrogen-bond donors (Lipinski definition) is 1. The minimum atomic E-state index is -3.72. The van der Waals surface area contributed by atoms with Crippen LogP contribution in [0.3, 0.4) is 0 Å². The van der Waals surface area contributed by atoms with E-state index in [0.29, 0.717) is 31.1 Å². The second kappa shape index (κ2) is 5.49. The summed E-state index contributed by atoms with van der Waals surface area (Å²) in [6, 6.07) is 4.50. The van der Waals surface area contributed by atoms with Gasteiger partial charge in [-0.1, -0.05) is 18.3 Å². The number of hydrogen-bond acceptors (Lipinski definition) is 7. The lowest BCUT2D eigenvalue weighted by atomic mass is 10.3. The van der Waals surface area contributed by atoms with E-state index < -0.39 is 10.0 Å². The first-order chi connectivity index (χ1) is 10.1. The van der Waals surface area contributed by atoms with Crippen LogP contribution < -0.4 is 14.2 Å². The van der Waals surface area contributed by atoms with Crippen molar-refractivity contribution < 1.29 is 17.9 Å². The Labute approximate surface area is 126 Å². The molecule has 0 saturated heterocycles. The standard InChI is InChI=1S/C12H13N3O4S2/c1-2-11-13-14-12(20-11)15-21(16,17)8-3-4-9-10(7-8)19-6-5-18-9/h3-4,7H,2,5-6H2,1H3,(H,14,15). The molecular weight excluding hydrogens is 314 g/mol. The van der Waals surface area contributed by atoms with Gasteiger partial charge in [-0.05, 0) is 18.6 Å². The number of nitrogens with zero attached hydrogens (tertiary/aromatic N) is 2. The molecule has 0 spiro atoms. The van der Waals surface area contributed by atoms with Gasteiger partial charge in [-0.25, -0.2) is 8.42 Å². The second-order valence-corrected chi connectivity index (χ2v) is 7.01. The molecule has 9 heteroatoms. The summed E-state index contributed by atoms with van der Waals surface area (Å²) < 4.78 is 37.8. The number of sulfonamides is 1. The highest BCUT2D eigenvalue weighted by molar-refractivity contribution is 7.93. The molecular formula is C12H13N3O4S2. The zero-order valence-corrected chi connectivity index (χ0v) is 12.8. The summed E-state index contributed by atoms with van der Waals surface area (Å²) >= 11 is 1.21. The first-order valence-electron chi connectivity index (χ1n) is 6.33. The highest BCUT2D eigenvalue weighted by Crippen LogP contribution is 2.32. The molecule has 1 N–H and O–H groups in total. The molecule has 1 aromatic heterocycles. The summed E-state index contributed by atoms with van der Waals surface area (Å²) in [6.07, 6.45) is 0.712. The van der Waals surface area contributed by atoms with Crippen molar-refractivity contribution in [3.63, 3.8) is 0 Å². The highest BCUT2D eigenvalue weighted by atomic mass is 32.2. The van der Waals surface area contributed by atoms with Crippen LogP contribution in [0.15, 0.2) is 23.1 Å². The van der Waals surface area contributed by atoms with Crippen molar-refractivity contribution in [2.24, 2.45) is 0 Å². The van der Waals surface area contributed by atoms with E-state index in [1.165, 1.54) is 23.5 Å². The van der Waals surface area contributed by atoms with Crippen LogP contribution in [0.4, 0.5) is 5.13 Å². The van der Waals surface area contributed by atoms with E-state index in [9.17, 15) is 8.42 Å². The molecule has 0 atom stereocenters. The number of nitrogens with one attached hydrogen (secondary N) is 1. The monoisotopic (exact) mass is 327 g/mol. The third kappa shape index (κ3) is 2.93. The van der Waals surface area contributed by atoms with Crippen LogP contribution in [0.2, 0.25) is 0 Å². The molecule has 0 saturated carbocycles. The minimum Gasteiger partial charge on any atom is -0.486 e. The molecule has 2 heterocycles. The summed E-state index contributed by atoms with van der Waals surface area (Å²) in [6.45, 7) is 2.79. The predicted octanol–water partition coefficient (Wildman–Crippen LogP) is 1.67. The maximum atomic E-state index is 12.3. The Bertz CT molecular complexity index is 758. The first kappa shape index (κ1) is 14.1. The van der Waals surface area contributed by atoms with Gasteiger partial charge in [0, 0.05) is 6.07 Å². The maximum Gasteiger partial charge on any atom is 0.263 e. The van der Waals surface area contributed by atoms with Crippen LogP contribution in [0.1, 0.15) is 11.9 Å². The smallest absolute Gasteiger partial charge is 0.263 e. The summed E-state index contributed by atoms with van der Waals surface area (Å²) in [5, 5.41) is 8.71. The number of aromatic nitrogens is 2. The van der Waals surface area contributed by atoms with Crippen molar-refractivity contribution in [2.75, 3.05) is 17.9 Å². The van der Waals surface area contributed by atoms with Gasteiger partial charge < -0.3 is 9.47 Å². The van der Waals surface area contributed by atoms with Gasteiger partial charge in [0.25, 0.3) is 10.0 Å². The lowest BCUT2D eigenvalue weighted by Crippen LogP contribution is -2.17. The molecule has 21 heavy (non-hydrogen) atoms. The minimum absolute atomic E-state index is 0.0972. The van der Waals surface area contributed by atoms with E-state index in [0.717, 1.165) is 5.01 Å². The van der Waals surface area contributed by atoms with Crippen LogP contribution in [0, 0.1) is 0 Å². The van der Waals surface area contributed by atoms with Crippen molar-refractivity contribution >= 4 is 26.5 Å². The Morgan fingerprint density at radius 3 is 2.71 bits per heavy atom. The Balaban J connectivity index is 1.87. The van der Waals surface area contributed by atoms with Gasteiger partial charge in [-0.3, -0.25) is 4.72 Å². The fraction of sp³-hybridized carbons (Fsp3) is 0.333. The van der Waals surface area contributed by atoms with Gasteiger partial charge in [0.15, 0.2) is 11.5 Å². The Morgan fingerprint density at radius 1 is 1.24 bits per heavy atom. The summed E-state index contributed by atoms with van der Waals surface area (Å²) in [7, 11) is -3.72. The number of ether oxygens (including phenoxy) is 2. The molecule has 0 unspecified atom stereocenters. The zero-order chi connectivity index (χ0) is 14.9. The first-order valence-corrected chi connectivity index (χ1v) is 8.63. The van der Waals surface area contributed by atoms with E-state index in [1.54, 1.807) is 6.07 Å². The third-order valence-electron chi connectivity index (χ3n) is 2.81. The largest absolute Gasteiger partial charge is 0.486 e. The van der Waals surface area contributed by atoms with E-state index in [1.807, 2.05) is 6.92 Å². The number of fused-ring (bicyclic) bond motifs is 1. The lowest BCUT2D eigenvalue weighted by Gasteiger charge is -2.18. The zero-order valence-electron chi connectivity index (χ0n) is 11.2. The number of anilines is 1. The molecule has 1 aromatic carbocycles. The van der Waals surface area contributed by atoms with Gasteiger partial charge in [-0.15, -0.1) is 10.2 Å². The van der Waals surface area contributed by atoms with Crippen LogP contribution in [-0.4, -0.2) is 31.8 Å². The fourth-order valence-electron chi connectivity index (χ4n) is 1.80. The van der Waals surface area contributed by atoms with Crippen LogP contribution >= 0.6 is 11.3 Å². The molecule has 0 radical (unpaired) electrons. The van der Waals surface area contributed by atoms with Crippen molar-refractivity contribution in [2.45, 2.75) is 18.2 Å². The van der Waals surface area contributed by atoms with Gasteiger partial charge >= 0.3 is 0 Å². The Hall–Kier alpha value is -1.87. The molecule has 0 aliphatic carbocycles. The summed E-state index contributed by atoms with van der Waals surface area (Å²) in [5.41, 5.74) is 0. The molecule has 1 aliphatic heterocycles. The third-order valence-corrected chi connectivity index (χ3v) is 5.26. The van der Waals surface area contributed by atoms with E-state index in [4.69, 9.17) is 9.47 Å². The van der Waals surface area contributed by atoms with E-state index in [-0.39, 0.29) is 10.0 Å². The number of benzene rings is 1. The molecule has 2 aromatic rings. The topological polar surface area (TPSA) is 90.4 Å². The fourth-order valence-corrected chi connectivity index (χ4v) is 3.73. The normalized spacial score (nSPS) is 14.0. The maximum absolute atomic E-state index is 12.3. The van der Waals surface area contributed by atoms with Gasteiger partial charge in [-0.2, -0.15) is 0 Å². The summed E-state index contributed by atoms with van der Waals surface area (Å²) in [5.74, 6) is 0.972. The highest BCUT2D eigenvalue weighted by Gasteiger charge is 2.20. The van der Waals surface area contributed by atoms with Gasteiger partial charge in [0.1, 0.15) is 18.2 Å². The van der Waals surface area contributed by atoms with Crippen LogP contribution in [0.25, 0.3) is 0 Å². The van der Waals surface area contributed by atoms with Crippen molar-refractivity contribution in [1.82, 2.24) is 10.2 Å². The molecule has 0 bridgehead atoms. The SMILES string of the molecule is CCc1nnc(NS(=O)(=O)c2ccc3c(c2)OCCO3)s1. The quantitative estimate of drug-likeness (QED) is 0.918. The molecule has 0 amide bonds. The Morgan fingerprint density at radius 2 is 2.00 bits per heavy atom. The molecule has 7 nitrogen and oxygen atoms in total. The summed E-state index contributed by atoms with van der Waals surface area (Å²) in [4.78, 5) is 0.0972. The van der Waals surface area contributed by atoms with E-state index in [2.05, 4.69) is 14.9 Å². The van der Waals surface area contributed by atoms with E-state index >= 15 is 0 Å². The average Bonchev–Trinajstić information content (AvgIpc) is 2.93. The van der Waals surface area contributed by atoms with Gasteiger partial charge in [0.05, 0.1) is 4.90 Å². The second-order valence-electron chi connectivity index (χ2n) is 4.27. The van der Waals surface area contributed by atoms with Crippen LogP contribution in [0.5, 0.6) is 11.5 Å². The van der Waals surface area contributed by atoms with Crippen LogP contribution in [-0.2, 0) is 16.4 Å². The van der Waals surface area contributed by atoms with Crippen molar-refractivity contribution in [3.05, 3.63) is 23.2 Å². The molecule has 0 fully saturated rings. The predicted molar refractivity (Wildman–Crippen MR) is 77.5 cm³/mol. The Kier molecular flexibility index (Phi) is 3.68. The average molecular weight is 327 g/mol. The van der Waals surface area contributed by atoms with Gasteiger partial charge in [0.2, 0.25) is 5.13 Å². The molecule has 3 rings (SSSR count). The molecule has 1 aliphatic rings.